The van der Waals surface area contributed by atoms with Crippen LogP contribution in [0.2, 0.25) is 0 Å². The molecule has 0 spiro atoms. The SMILES string of the molecule is CC(N)c1ccc(Br)cc1-n1cc(Br)cn1. The summed E-state index contributed by atoms with van der Waals surface area (Å²) in [5.74, 6) is 0. The predicted molar refractivity (Wildman–Crippen MR) is 71.6 cm³/mol. The van der Waals surface area contributed by atoms with E-state index in [0.29, 0.717) is 0 Å². The lowest BCUT2D eigenvalue weighted by Gasteiger charge is -2.13. The first-order chi connectivity index (χ1) is 7.58. The van der Waals surface area contributed by atoms with Crippen LogP contribution >= 0.6 is 31.9 Å². The number of hydrogen-bond donors (Lipinski definition) is 1. The number of rotatable bonds is 2. The summed E-state index contributed by atoms with van der Waals surface area (Å²) in [5, 5.41) is 4.26. The number of nitrogens with zero attached hydrogens (tertiary/aromatic N) is 2. The van der Waals surface area contributed by atoms with E-state index in [0.717, 1.165) is 20.2 Å². The van der Waals surface area contributed by atoms with Gasteiger partial charge in [-0.05, 0) is 40.5 Å². The fourth-order valence-corrected chi connectivity index (χ4v) is 2.17. The lowest BCUT2D eigenvalue weighted by Crippen LogP contribution is -2.10. The van der Waals surface area contributed by atoms with Gasteiger partial charge in [0.25, 0.3) is 0 Å². The zero-order valence-corrected chi connectivity index (χ0v) is 11.9. The Bertz CT molecular complexity index is 506. The molecule has 84 valence electrons. The minimum absolute atomic E-state index is 0.0222. The van der Waals surface area contributed by atoms with E-state index in [1.807, 2.05) is 36.0 Å². The summed E-state index contributed by atoms with van der Waals surface area (Å²) in [6.07, 6.45) is 3.67. The Labute approximate surface area is 111 Å². The maximum absolute atomic E-state index is 5.94. The summed E-state index contributed by atoms with van der Waals surface area (Å²) in [5.41, 5.74) is 8.00. The molecule has 0 amide bonds. The first-order valence-electron chi connectivity index (χ1n) is 4.83. The highest BCUT2D eigenvalue weighted by Gasteiger charge is 2.10. The van der Waals surface area contributed by atoms with Crippen molar-refractivity contribution in [1.82, 2.24) is 9.78 Å². The molecule has 0 radical (unpaired) electrons. The van der Waals surface area contributed by atoms with Crippen molar-refractivity contribution in [2.45, 2.75) is 13.0 Å². The Morgan fingerprint density at radius 3 is 2.62 bits per heavy atom. The molecular formula is C11H11Br2N3. The van der Waals surface area contributed by atoms with Gasteiger partial charge in [-0.3, -0.25) is 0 Å². The standard InChI is InChI=1S/C11H11Br2N3/c1-7(14)10-3-2-8(12)4-11(10)16-6-9(13)5-15-16/h2-7H,14H2,1H3. The minimum atomic E-state index is -0.0222. The van der Waals surface area contributed by atoms with E-state index in [-0.39, 0.29) is 6.04 Å². The smallest absolute Gasteiger partial charge is 0.0704 e. The van der Waals surface area contributed by atoms with Crippen molar-refractivity contribution in [3.63, 3.8) is 0 Å². The summed E-state index contributed by atoms with van der Waals surface area (Å²) in [6, 6.07) is 5.99. The van der Waals surface area contributed by atoms with Crippen molar-refractivity contribution in [2.24, 2.45) is 5.73 Å². The van der Waals surface area contributed by atoms with E-state index in [1.54, 1.807) is 6.20 Å². The van der Waals surface area contributed by atoms with Crippen LogP contribution in [0, 0.1) is 0 Å². The van der Waals surface area contributed by atoms with E-state index in [2.05, 4.69) is 37.0 Å². The molecule has 16 heavy (non-hydrogen) atoms. The Morgan fingerprint density at radius 2 is 2.06 bits per heavy atom. The van der Waals surface area contributed by atoms with Gasteiger partial charge in [0.15, 0.2) is 0 Å². The van der Waals surface area contributed by atoms with Crippen LogP contribution in [-0.2, 0) is 0 Å². The summed E-state index contributed by atoms with van der Waals surface area (Å²) in [7, 11) is 0. The number of halogens is 2. The van der Waals surface area contributed by atoms with Crippen LogP contribution in [0.3, 0.4) is 0 Å². The van der Waals surface area contributed by atoms with Gasteiger partial charge in [-0.25, -0.2) is 4.68 Å². The number of aromatic nitrogens is 2. The molecular weight excluding hydrogens is 334 g/mol. The molecule has 2 aromatic rings. The predicted octanol–water partition coefficient (Wildman–Crippen LogP) is 3.42. The highest BCUT2D eigenvalue weighted by atomic mass is 79.9. The fourth-order valence-electron chi connectivity index (χ4n) is 1.53. The lowest BCUT2D eigenvalue weighted by molar-refractivity contribution is 0.780. The van der Waals surface area contributed by atoms with Crippen molar-refractivity contribution < 1.29 is 0 Å². The first kappa shape index (κ1) is 11.8. The zero-order chi connectivity index (χ0) is 11.7. The molecule has 0 saturated heterocycles. The molecule has 1 aromatic heterocycles. The third kappa shape index (κ3) is 2.36. The van der Waals surface area contributed by atoms with Gasteiger partial charge in [0, 0.05) is 16.7 Å². The van der Waals surface area contributed by atoms with Crippen LogP contribution in [0.1, 0.15) is 18.5 Å². The van der Waals surface area contributed by atoms with E-state index >= 15 is 0 Å². The van der Waals surface area contributed by atoms with Crippen LogP contribution in [0.4, 0.5) is 0 Å². The molecule has 0 bridgehead atoms. The molecule has 1 unspecified atom stereocenters. The van der Waals surface area contributed by atoms with Crippen LogP contribution in [0.25, 0.3) is 5.69 Å². The Hall–Kier alpha value is -0.650. The van der Waals surface area contributed by atoms with Gasteiger partial charge in [-0.15, -0.1) is 0 Å². The highest BCUT2D eigenvalue weighted by molar-refractivity contribution is 9.10. The number of hydrogen-bond acceptors (Lipinski definition) is 2. The van der Waals surface area contributed by atoms with E-state index in [9.17, 15) is 0 Å². The molecule has 3 nitrogen and oxygen atoms in total. The number of benzene rings is 1. The number of nitrogens with two attached hydrogens (primary N) is 1. The quantitative estimate of drug-likeness (QED) is 0.907. The van der Waals surface area contributed by atoms with E-state index in [1.165, 1.54) is 0 Å². The molecule has 0 aliphatic rings. The highest BCUT2D eigenvalue weighted by Crippen LogP contribution is 2.24. The van der Waals surface area contributed by atoms with Crippen molar-refractivity contribution in [3.8, 4) is 5.69 Å². The molecule has 0 saturated carbocycles. The largest absolute Gasteiger partial charge is 0.324 e. The summed E-state index contributed by atoms with van der Waals surface area (Å²) >= 11 is 6.84. The van der Waals surface area contributed by atoms with Gasteiger partial charge >= 0.3 is 0 Å². The van der Waals surface area contributed by atoms with Crippen LogP contribution in [0.5, 0.6) is 0 Å². The van der Waals surface area contributed by atoms with Crippen LogP contribution in [-0.4, -0.2) is 9.78 Å². The van der Waals surface area contributed by atoms with Gasteiger partial charge in [0.2, 0.25) is 0 Å². The van der Waals surface area contributed by atoms with Crippen molar-refractivity contribution in [3.05, 3.63) is 45.1 Å². The molecule has 0 fully saturated rings. The Kier molecular flexibility index (Phi) is 3.47. The Morgan fingerprint density at radius 1 is 1.31 bits per heavy atom. The molecule has 0 aliphatic heterocycles. The molecule has 1 heterocycles. The zero-order valence-electron chi connectivity index (χ0n) is 8.69. The maximum atomic E-state index is 5.94. The van der Waals surface area contributed by atoms with Gasteiger partial charge < -0.3 is 5.73 Å². The second-order valence-corrected chi connectivity index (χ2v) is 5.43. The molecule has 2 N–H and O–H groups in total. The average molecular weight is 345 g/mol. The normalized spacial score (nSPS) is 12.8. The van der Waals surface area contributed by atoms with Gasteiger partial charge in [0.1, 0.15) is 0 Å². The van der Waals surface area contributed by atoms with Crippen molar-refractivity contribution in [2.75, 3.05) is 0 Å². The fraction of sp³-hybridized carbons (Fsp3) is 0.182. The Balaban J connectivity index is 2.57. The topological polar surface area (TPSA) is 43.8 Å². The second kappa shape index (κ2) is 4.69. The third-order valence-electron chi connectivity index (χ3n) is 2.28. The molecule has 1 atom stereocenters. The summed E-state index contributed by atoms with van der Waals surface area (Å²) in [6.45, 7) is 1.96. The van der Waals surface area contributed by atoms with Crippen molar-refractivity contribution in [1.29, 1.82) is 0 Å². The third-order valence-corrected chi connectivity index (χ3v) is 3.18. The van der Waals surface area contributed by atoms with E-state index in [4.69, 9.17) is 5.73 Å². The van der Waals surface area contributed by atoms with Crippen LogP contribution < -0.4 is 5.73 Å². The monoisotopic (exact) mass is 343 g/mol. The minimum Gasteiger partial charge on any atom is -0.324 e. The molecule has 1 aromatic carbocycles. The first-order valence-corrected chi connectivity index (χ1v) is 6.42. The molecule has 2 rings (SSSR count). The van der Waals surface area contributed by atoms with Gasteiger partial charge in [-0.2, -0.15) is 5.10 Å². The van der Waals surface area contributed by atoms with Crippen molar-refractivity contribution >= 4 is 31.9 Å². The van der Waals surface area contributed by atoms with E-state index < -0.39 is 0 Å². The molecule has 0 aliphatic carbocycles. The second-order valence-electron chi connectivity index (χ2n) is 3.59. The molecule has 5 heteroatoms. The summed E-state index contributed by atoms with van der Waals surface area (Å²) in [4.78, 5) is 0. The maximum Gasteiger partial charge on any atom is 0.0704 e. The summed E-state index contributed by atoms with van der Waals surface area (Å²) < 4.78 is 3.77. The van der Waals surface area contributed by atoms with Gasteiger partial charge in [0.05, 0.1) is 16.4 Å². The average Bonchev–Trinajstić information content (AvgIpc) is 2.64. The lowest BCUT2D eigenvalue weighted by atomic mass is 10.1. The van der Waals surface area contributed by atoms with Gasteiger partial charge in [-0.1, -0.05) is 22.0 Å². The van der Waals surface area contributed by atoms with Crippen LogP contribution in [0.15, 0.2) is 39.5 Å².